The summed E-state index contributed by atoms with van der Waals surface area (Å²) in [4.78, 5) is 30.8. The lowest BCUT2D eigenvalue weighted by Gasteiger charge is -2.56. The number of hydrogen-bond acceptors (Lipinski definition) is 11. The van der Waals surface area contributed by atoms with Crippen LogP contribution in [0.3, 0.4) is 0 Å². The number of nitrogens with one attached hydrogen (secondary N) is 3. The Morgan fingerprint density at radius 2 is 1.79 bits per heavy atom. The SMILES string of the molecule is CC(C)c1ccccc1[C@@H]1CCCN1C1CC2(CCN(c3cc(Oc4cnc5[nH]ccc5c4)c(C(=O)NS(=O)(=O)c4ccc(NC[C@@H]5CCC(CO)C5)c(O)c4)cn3)CC2)C1. The first kappa shape index (κ1) is 41.2. The van der Waals surface area contributed by atoms with Crippen LogP contribution >= 0.6 is 0 Å². The maximum absolute atomic E-state index is 13.9. The average molecular weight is 848 g/mol. The molecule has 61 heavy (non-hydrogen) atoms. The van der Waals surface area contributed by atoms with Crippen LogP contribution in [0.1, 0.15) is 105 Å². The van der Waals surface area contributed by atoms with Gasteiger partial charge < -0.3 is 30.2 Å². The number of aromatic amines is 1. The maximum Gasteiger partial charge on any atom is 0.270 e. The van der Waals surface area contributed by atoms with E-state index in [1.165, 1.54) is 55.1 Å². The van der Waals surface area contributed by atoms with E-state index >= 15 is 0 Å². The lowest BCUT2D eigenvalue weighted by atomic mass is 9.60. The van der Waals surface area contributed by atoms with Gasteiger partial charge in [-0.2, -0.15) is 0 Å². The molecule has 2 aliphatic carbocycles. The molecule has 2 saturated heterocycles. The van der Waals surface area contributed by atoms with E-state index in [2.05, 4.69) is 67.9 Å². The van der Waals surface area contributed by atoms with Crippen molar-refractivity contribution in [3.8, 4) is 17.2 Å². The molecule has 9 rings (SSSR count). The van der Waals surface area contributed by atoms with Crippen LogP contribution in [0.25, 0.3) is 11.0 Å². The Labute approximate surface area is 358 Å². The second-order valence-electron chi connectivity index (χ2n) is 18.2. The van der Waals surface area contributed by atoms with Crippen molar-refractivity contribution < 1.29 is 28.2 Å². The Kier molecular flexibility index (Phi) is 11.4. The zero-order valence-corrected chi connectivity index (χ0v) is 35.8. The van der Waals surface area contributed by atoms with Gasteiger partial charge in [-0.25, -0.2) is 23.1 Å². The Hall–Kier alpha value is -5.18. The number of aromatic nitrogens is 3. The van der Waals surface area contributed by atoms with Gasteiger partial charge in [0, 0.05) is 68.2 Å². The summed E-state index contributed by atoms with van der Waals surface area (Å²) in [5.74, 6) is 1.17. The summed E-state index contributed by atoms with van der Waals surface area (Å²) in [7, 11) is -4.40. The van der Waals surface area contributed by atoms with E-state index in [-0.39, 0.29) is 28.6 Å². The number of carbonyl (C=O) groups is 1. The zero-order chi connectivity index (χ0) is 42.3. The van der Waals surface area contributed by atoms with Crippen molar-refractivity contribution in [2.24, 2.45) is 17.3 Å². The molecule has 3 atom stereocenters. The molecule has 322 valence electrons. The van der Waals surface area contributed by atoms with Crippen LogP contribution in [0, 0.1) is 17.3 Å². The highest BCUT2D eigenvalue weighted by Gasteiger charge is 2.50. The predicted octanol–water partition coefficient (Wildman–Crippen LogP) is 8.10. The lowest BCUT2D eigenvalue weighted by molar-refractivity contribution is -0.0228. The Morgan fingerprint density at radius 1 is 0.984 bits per heavy atom. The first-order valence-electron chi connectivity index (χ1n) is 21.9. The molecule has 3 aromatic heterocycles. The Morgan fingerprint density at radius 3 is 2.56 bits per heavy atom. The molecule has 0 radical (unpaired) electrons. The van der Waals surface area contributed by atoms with Crippen molar-refractivity contribution in [1.29, 1.82) is 0 Å². The molecular weight excluding hydrogens is 791 g/mol. The minimum atomic E-state index is -4.40. The molecule has 0 bridgehead atoms. The summed E-state index contributed by atoms with van der Waals surface area (Å²) in [5, 5.41) is 24.3. The fourth-order valence-corrected chi connectivity index (χ4v) is 11.5. The smallest absolute Gasteiger partial charge is 0.270 e. The number of fused-ring (bicyclic) bond motifs is 1. The minimum absolute atomic E-state index is 0.0590. The van der Waals surface area contributed by atoms with E-state index in [9.17, 15) is 23.4 Å². The highest BCUT2D eigenvalue weighted by atomic mass is 32.2. The number of amides is 1. The van der Waals surface area contributed by atoms with Gasteiger partial charge in [-0.1, -0.05) is 38.1 Å². The summed E-state index contributed by atoms with van der Waals surface area (Å²) in [6, 6.07) is 19.4. The van der Waals surface area contributed by atoms with Gasteiger partial charge in [0.15, 0.2) is 0 Å². The number of ether oxygens (including phenoxy) is 1. The number of hydrogen-bond donors (Lipinski definition) is 5. The number of anilines is 2. The summed E-state index contributed by atoms with van der Waals surface area (Å²) < 4.78 is 35.6. The summed E-state index contributed by atoms with van der Waals surface area (Å²) in [6.07, 6.45) is 14.5. The van der Waals surface area contributed by atoms with Crippen LogP contribution in [0.4, 0.5) is 11.5 Å². The standard InChI is InChI=1S/C47H57N7O6S/c1-30(2)37-6-3-4-7-38(37)41-8-5-17-54(41)34-24-47(25-34)14-18-53(19-15-47)44-23-43(60-35-21-33-13-16-48-45(33)51-27-35)39(28-50-44)46(57)52-61(58,59)36-11-12-40(42(56)22-36)49-26-31-9-10-32(20-31)29-55/h3-4,6-7,11-13,16,21-23,27-28,30-32,34,41,49,55-56H,5,8-10,14-15,17-20,24-26,29H2,1-2H3,(H,48,51)(H,52,57)/t31-,32?,41+/m1/s1. The number of piperidine rings is 1. The first-order valence-corrected chi connectivity index (χ1v) is 23.4. The zero-order valence-electron chi connectivity index (χ0n) is 35.0. The van der Waals surface area contributed by atoms with Crippen molar-refractivity contribution in [2.45, 2.75) is 94.5 Å². The number of aliphatic hydroxyl groups is 1. The molecule has 2 saturated carbocycles. The van der Waals surface area contributed by atoms with Crippen LogP contribution < -0.4 is 19.7 Å². The fraction of sp³-hybridized carbons (Fsp3) is 0.468. The van der Waals surface area contributed by atoms with Gasteiger partial charge in [0.2, 0.25) is 0 Å². The van der Waals surface area contributed by atoms with Crippen LogP contribution in [-0.4, -0.2) is 83.2 Å². The number of phenols is 1. The van der Waals surface area contributed by atoms with Gasteiger partial charge in [-0.05, 0) is 123 Å². The molecule has 2 aliphatic heterocycles. The van der Waals surface area contributed by atoms with Gasteiger partial charge in [-0.15, -0.1) is 0 Å². The van der Waals surface area contributed by atoms with Gasteiger partial charge in [0.25, 0.3) is 15.9 Å². The highest BCUT2D eigenvalue weighted by Crippen LogP contribution is 2.54. The number of carbonyl (C=O) groups excluding carboxylic acids is 1. The number of rotatable bonds is 13. The fourth-order valence-electron chi connectivity index (χ4n) is 10.5. The largest absolute Gasteiger partial charge is 0.506 e. The van der Waals surface area contributed by atoms with Gasteiger partial charge in [0.05, 0.1) is 16.8 Å². The van der Waals surface area contributed by atoms with Crippen molar-refractivity contribution in [2.75, 3.05) is 43.0 Å². The number of likely N-dealkylation sites (tertiary alicyclic amines) is 1. The number of benzene rings is 2. The van der Waals surface area contributed by atoms with Gasteiger partial charge in [0.1, 0.15) is 34.3 Å². The van der Waals surface area contributed by atoms with Crippen LogP contribution in [0.15, 0.2) is 84.1 Å². The molecule has 1 spiro atoms. The van der Waals surface area contributed by atoms with E-state index < -0.39 is 15.9 Å². The maximum atomic E-state index is 13.9. The van der Waals surface area contributed by atoms with Gasteiger partial charge >= 0.3 is 0 Å². The molecule has 4 fully saturated rings. The molecule has 4 aliphatic rings. The number of H-pyrrole nitrogens is 1. The van der Waals surface area contributed by atoms with Crippen molar-refractivity contribution in [1.82, 2.24) is 24.6 Å². The molecule has 1 amide bonds. The minimum Gasteiger partial charge on any atom is -0.506 e. The second-order valence-corrected chi connectivity index (χ2v) is 19.9. The second kappa shape index (κ2) is 16.9. The summed E-state index contributed by atoms with van der Waals surface area (Å²) in [6.45, 7) is 8.13. The number of aromatic hydroxyl groups is 1. The molecule has 5 aromatic rings. The number of sulfonamides is 1. The Bertz CT molecular complexity index is 2490. The molecule has 13 nitrogen and oxygen atoms in total. The lowest BCUT2D eigenvalue weighted by Crippen LogP contribution is -2.55. The quantitative estimate of drug-likeness (QED) is 0.0725. The predicted molar refractivity (Wildman–Crippen MR) is 236 cm³/mol. The summed E-state index contributed by atoms with van der Waals surface area (Å²) >= 11 is 0. The Balaban J connectivity index is 0.883. The number of pyridine rings is 2. The van der Waals surface area contributed by atoms with E-state index in [4.69, 9.17) is 9.72 Å². The number of phenolic OH excluding ortho intramolecular Hbond substituents is 1. The number of nitrogens with zero attached hydrogens (tertiary/aromatic N) is 4. The highest BCUT2D eigenvalue weighted by molar-refractivity contribution is 7.90. The molecular formula is C47H57N7O6S. The van der Waals surface area contributed by atoms with Crippen LogP contribution in [0.5, 0.6) is 17.2 Å². The molecule has 1 unspecified atom stereocenters. The molecule has 2 aromatic carbocycles. The van der Waals surface area contributed by atoms with E-state index in [0.29, 0.717) is 64.7 Å². The van der Waals surface area contributed by atoms with E-state index in [1.807, 2.05) is 6.07 Å². The third-order valence-electron chi connectivity index (χ3n) is 13.9. The van der Waals surface area contributed by atoms with Crippen molar-refractivity contribution in [3.63, 3.8) is 0 Å². The van der Waals surface area contributed by atoms with E-state index in [0.717, 1.165) is 63.2 Å². The summed E-state index contributed by atoms with van der Waals surface area (Å²) in [5.41, 5.74) is 4.30. The molecule has 14 heteroatoms. The van der Waals surface area contributed by atoms with E-state index in [1.54, 1.807) is 24.5 Å². The topological polar surface area (TPSA) is 173 Å². The third kappa shape index (κ3) is 8.54. The first-order chi connectivity index (χ1) is 29.5. The van der Waals surface area contributed by atoms with Crippen LogP contribution in [-0.2, 0) is 10.0 Å². The molecule has 5 N–H and O–H groups in total. The van der Waals surface area contributed by atoms with Crippen LogP contribution in [0.2, 0.25) is 0 Å². The van der Waals surface area contributed by atoms with Crippen molar-refractivity contribution in [3.05, 3.63) is 95.9 Å². The monoisotopic (exact) mass is 847 g/mol. The number of aliphatic hydroxyl groups excluding tert-OH is 1. The van der Waals surface area contributed by atoms with Crippen molar-refractivity contribution >= 4 is 38.5 Å². The normalized spacial score (nSPS) is 21.9. The third-order valence-corrected chi connectivity index (χ3v) is 15.2. The van der Waals surface area contributed by atoms with Gasteiger partial charge in [-0.3, -0.25) is 9.69 Å². The average Bonchev–Trinajstić information content (AvgIpc) is 4.04. The molecule has 5 heterocycles.